The third-order valence-corrected chi connectivity index (χ3v) is 3.45. The van der Waals surface area contributed by atoms with Gasteiger partial charge in [0.25, 0.3) is 5.22 Å². The molecule has 1 heterocycles. The molecule has 0 saturated heterocycles. The monoisotopic (exact) mass is 279 g/mol. The van der Waals surface area contributed by atoms with Gasteiger partial charge in [0.2, 0.25) is 5.91 Å². The predicted octanol–water partition coefficient (Wildman–Crippen LogP) is 1.77. The lowest BCUT2D eigenvalue weighted by Gasteiger charge is -2.16. The van der Waals surface area contributed by atoms with Crippen LogP contribution >= 0.6 is 11.8 Å². The number of benzene rings is 1. The summed E-state index contributed by atoms with van der Waals surface area (Å²) in [7, 11) is 0. The minimum absolute atomic E-state index is 0.196. The number of nitrogens with one attached hydrogen (secondary N) is 1. The van der Waals surface area contributed by atoms with Gasteiger partial charge in [-0.3, -0.25) is 4.79 Å². The highest BCUT2D eigenvalue weighted by Crippen LogP contribution is 2.23. The Morgan fingerprint density at radius 1 is 1.47 bits per heavy atom. The molecule has 0 fully saturated rings. The van der Waals surface area contributed by atoms with E-state index >= 15 is 0 Å². The van der Waals surface area contributed by atoms with Crippen LogP contribution in [0.3, 0.4) is 0 Å². The number of carbonyl (C=O) groups is 1. The summed E-state index contributed by atoms with van der Waals surface area (Å²) in [6.07, 6.45) is 0. The van der Waals surface area contributed by atoms with Crippen LogP contribution in [0.1, 0.15) is 13.8 Å². The fourth-order valence-electron chi connectivity index (χ4n) is 1.68. The first kappa shape index (κ1) is 13.9. The third kappa shape index (κ3) is 3.71. The van der Waals surface area contributed by atoms with Gasteiger partial charge in [-0.2, -0.15) is 0 Å². The number of oxazole rings is 1. The Hall–Kier alpha value is -1.53. The normalized spacial score (nSPS) is 13.0. The molecule has 0 aliphatic heterocycles. The molecule has 6 heteroatoms. The summed E-state index contributed by atoms with van der Waals surface area (Å²) < 4.78 is 5.58. The molecule has 1 atom stereocenters. The fraction of sp³-hybridized carbons (Fsp3) is 0.385. The summed E-state index contributed by atoms with van der Waals surface area (Å²) in [6, 6.07) is 7.37. The number of amides is 1. The molecule has 102 valence electrons. The van der Waals surface area contributed by atoms with Crippen LogP contribution in [0.2, 0.25) is 0 Å². The lowest BCUT2D eigenvalue weighted by molar-refractivity contribution is -0.119. The van der Waals surface area contributed by atoms with Gasteiger partial charge >= 0.3 is 0 Å². The second-order valence-corrected chi connectivity index (χ2v) is 5.51. The molecular formula is C13H17N3O2S. The SMILES string of the molecule is CC(C)NC(CSc1nc2ccccc2o1)C(N)=O. The highest BCUT2D eigenvalue weighted by molar-refractivity contribution is 7.99. The molecule has 2 rings (SSSR count). The largest absolute Gasteiger partial charge is 0.431 e. The van der Waals surface area contributed by atoms with Gasteiger partial charge in [-0.15, -0.1) is 0 Å². The van der Waals surface area contributed by atoms with Crippen LogP contribution in [-0.4, -0.2) is 28.7 Å². The van der Waals surface area contributed by atoms with Crippen molar-refractivity contribution >= 4 is 28.8 Å². The molecule has 0 radical (unpaired) electrons. The standard InChI is InChI=1S/C13H17N3O2S/c1-8(2)15-10(12(14)17)7-19-13-16-9-5-3-4-6-11(9)18-13/h3-6,8,10,15H,7H2,1-2H3,(H2,14,17). The van der Waals surface area contributed by atoms with Crippen LogP contribution in [0.15, 0.2) is 33.9 Å². The van der Waals surface area contributed by atoms with Crippen molar-refractivity contribution in [2.45, 2.75) is 31.2 Å². The van der Waals surface area contributed by atoms with Crippen molar-refractivity contribution in [1.82, 2.24) is 10.3 Å². The van der Waals surface area contributed by atoms with Gasteiger partial charge in [0, 0.05) is 11.8 Å². The minimum Gasteiger partial charge on any atom is -0.431 e. The first-order chi connectivity index (χ1) is 9.06. The zero-order valence-electron chi connectivity index (χ0n) is 10.9. The van der Waals surface area contributed by atoms with Crippen LogP contribution in [0.4, 0.5) is 0 Å². The lowest BCUT2D eigenvalue weighted by Crippen LogP contribution is -2.46. The molecule has 3 N–H and O–H groups in total. The molecule has 1 amide bonds. The highest BCUT2D eigenvalue weighted by Gasteiger charge is 2.18. The van der Waals surface area contributed by atoms with E-state index in [1.165, 1.54) is 11.8 Å². The molecule has 1 aromatic carbocycles. The van der Waals surface area contributed by atoms with E-state index in [-0.39, 0.29) is 18.0 Å². The van der Waals surface area contributed by atoms with E-state index in [2.05, 4.69) is 10.3 Å². The maximum atomic E-state index is 11.3. The highest BCUT2D eigenvalue weighted by atomic mass is 32.2. The van der Waals surface area contributed by atoms with Gasteiger partial charge in [0.05, 0.1) is 6.04 Å². The van der Waals surface area contributed by atoms with Gasteiger partial charge in [0.15, 0.2) is 5.58 Å². The van der Waals surface area contributed by atoms with Crippen LogP contribution in [0.5, 0.6) is 0 Å². The number of aromatic nitrogens is 1. The van der Waals surface area contributed by atoms with Crippen molar-refractivity contribution in [3.05, 3.63) is 24.3 Å². The van der Waals surface area contributed by atoms with Gasteiger partial charge in [-0.25, -0.2) is 4.98 Å². The van der Waals surface area contributed by atoms with Gasteiger partial charge in [-0.1, -0.05) is 37.7 Å². The second-order valence-electron chi connectivity index (χ2n) is 4.53. The summed E-state index contributed by atoms with van der Waals surface area (Å²) in [5.74, 6) is 0.137. The maximum Gasteiger partial charge on any atom is 0.256 e. The predicted molar refractivity (Wildman–Crippen MR) is 76.0 cm³/mol. The summed E-state index contributed by atoms with van der Waals surface area (Å²) in [5.41, 5.74) is 6.92. The van der Waals surface area contributed by atoms with E-state index in [1.54, 1.807) is 0 Å². The number of thioether (sulfide) groups is 1. The van der Waals surface area contributed by atoms with Crippen molar-refractivity contribution in [2.75, 3.05) is 5.75 Å². The van der Waals surface area contributed by atoms with E-state index in [0.717, 1.165) is 11.1 Å². The number of carbonyl (C=O) groups excluding carboxylic acids is 1. The molecule has 0 saturated carbocycles. The molecule has 5 nitrogen and oxygen atoms in total. The van der Waals surface area contributed by atoms with Gasteiger partial charge < -0.3 is 15.5 Å². The molecule has 0 spiro atoms. The molecule has 19 heavy (non-hydrogen) atoms. The number of rotatable bonds is 6. The number of para-hydroxylation sites is 2. The van der Waals surface area contributed by atoms with Crippen LogP contribution < -0.4 is 11.1 Å². The number of fused-ring (bicyclic) bond motifs is 1. The Balaban J connectivity index is 2.02. The zero-order valence-corrected chi connectivity index (χ0v) is 11.7. The average molecular weight is 279 g/mol. The molecule has 0 bridgehead atoms. The lowest BCUT2D eigenvalue weighted by atomic mass is 10.3. The first-order valence-electron chi connectivity index (χ1n) is 6.10. The van der Waals surface area contributed by atoms with E-state index in [4.69, 9.17) is 10.2 Å². The Morgan fingerprint density at radius 3 is 2.84 bits per heavy atom. The van der Waals surface area contributed by atoms with Crippen LogP contribution in [0.25, 0.3) is 11.1 Å². The van der Waals surface area contributed by atoms with Crippen molar-refractivity contribution in [3.8, 4) is 0 Å². The molecule has 0 aliphatic carbocycles. The Bertz CT molecular complexity index is 535. The zero-order chi connectivity index (χ0) is 13.8. The van der Waals surface area contributed by atoms with E-state index in [0.29, 0.717) is 11.0 Å². The van der Waals surface area contributed by atoms with E-state index in [1.807, 2.05) is 38.1 Å². The summed E-state index contributed by atoms with van der Waals surface area (Å²) in [4.78, 5) is 15.7. The Labute approximate surface area is 115 Å². The fourth-order valence-corrected chi connectivity index (χ4v) is 2.56. The number of hydrogen-bond acceptors (Lipinski definition) is 5. The van der Waals surface area contributed by atoms with Gasteiger partial charge in [0.1, 0.15) is 5.52 Å². The van der Waals surface area contributed by atoms with Crippen molar-refractivity contribution < 1.29 is 9.21 Å². The third-order valence-electron chi connectivity index (χ3n) is 2.53. The van der Waals surface area contributed by atoms with Gasteiger partial charge in [-0.05, 0) is 12.1 Å². The topological polar surface area (TPSA) is 81.2 Å². The molecule has 2 aromatic rings. The number of nitrogens with zero attached hydrogens (tertiary/aromatic N) is 1. The molecule has 0 aliphatic rings. The quantitative estimate of drug-likeness (QED) is 0.788. The number of hydrogen-bond donors (Lipinski definition) is 2. The smallest absolute Gasteiger partial charge is 0.256 e. The van der Waals surface area contributed by atoms with Crippen LogP contribution in [-0.2, 0) is 4.79 Å². The average Bonchev–Trinajstić information content (AvgIpc) is 2.76. The first-order valence-corrected chi connectivity index (χ1v) is 7.08. The van der Waals surface area contributed by atoms with E-state index < -0.39 is 0 Å². The Kier molecular flexibility index (Phi) is 4.44. The summed E-state index contributed by atoms with van der Waals surface area (Å²) in [5, 5.41) is 3.67. The minimum atomic E-state index is -0.389. The van der Waals surface area contributed by atoms with Crippen molar-refractivity contribution in [3.63, 3.8) is 0 Å². The van der Waals surface area contributed by atoms with Crippen molar-refractivity contribution in [1.29, 1.82) is 0 Å². The van der Waals surface area contributed by atoms with E-state index in [9.17, 15) is 4.79 Å². The van der Waals surface area contributed by atoms with Crippen LogP contribution in [0, 0.1) is 0 Å². The number of nitrogens with two attached hydrogens (primary N) is 1. The second kappa shape index (κ2) is 6.08. The maximum absolute atomic E-state index is 11.3. The van der Waals surface area contributed by atoms with Crippen molar-refractivity contribution in [2.24, 2.45) is 5.73 Å². The molecule has 1 aromatic heterocycles. The summed E-state index contributed by atoms with van der Waals surface area (Å²) in [6.45, 7) is 3.94. The molecular weight excluding hydrogens is 262 g/mol. The number of primary amides is 1. The Morgan fingerprint density at radius 2 is 2.21 bits per heavy atom. The molecule has 1 unspecified atom stereocenters. The summed E-state index contributed by atoms with van der Waals surface area (Å²) >= 11 is 1.38.